The van der Waals surface area contributed by atoms with Crippen LogP contribution >= 0.6 is 0 Å². The van der Waals surface area contributed by atoms with Gasteiger partial charge >= 0.3 is 5.97 Å². The van der Waals surface area contributed by atoms with Gasteiger partial charge in [-0.3, -0.25) is 4.79 Å². The van der Waals surface area contributed by atoms with Crippen LogP contribution in [-0.4, -0.2) is 31.2 Å². The number of carboxylic acid groups (broad SMARTS) is 1. The van der Waals surface area contributed by atoms with E-state index in [2.05, 4.69) is 33.7 Å². The zero-order valence-corrected chi connectivity index (χ0v) is 20.0. The van der Waals surface area contributed by atoms with Crippen molar-refractivity contribution in [2.24, 2.45) is 5.41 Å². The normalized spacial score (nSPS) is 20.2. The standard InChI is InChI=1S/C29H26N4O3/c1-20-24(18-33-19-25(30-32-33)23-10-6-3-7-11-23)26(36-31-20)28(29(16-17-29)27(34)35)14-12-22(13-15-28)21-8-4-2-5-9-21/h2-14,19H,15-18H2,1H3,(H,34,35). The summed E-state index contributed by atoms with van der Waals surface area (Å²) in [6, 6.07) is 20.0. The van der Waals surface area contributed by atoms with Crippen molar-refractivity contribution in [1.82, 2.24) is 20.2 Å². The second kappa shape index (κ2) is 8.45. The van der Waals surface area contributed by atoms with Crippen molar-refractivity contribution in [1.29, 1.82) is 0 Å². The lowest BCUT2D eigenvalue weighted by atomic mass is 9.64. The van der Waals surface area contributed by atoms with Crippen LogP contribution in [0.25, 0.3) is 16.8 Å². The molecule has 4 aromatic rings. The third-order valence-corrected chi connectivity index (χ3v) is 7.63. The lowest BCUT2D eigenvalue weighted by Crippen LogP contribution is -2.41. The van der Waals surface area contributed by atoms with Gasteiger partial charge in [0.1, 0.15) is 5.69 Å². The maximum atomic E-state index is 12.6. The molecule has 2 aliphatic rings. The summed E-state index contributed by atoms with van der Waals surface area (Å²) in [5.74, 6) is -0.188. The minimum absolute atomic E-state index is 0.394. The number of carboxylic acids is 1. The van der Waals surface area contributed by atoms with Gasteiger partial charge in [-0.05, 0) is 37.3 Å². The summed E-state index contributed by atoms with van der Waals surface area (Å²) in [6.07, 6.45) is 9.82. The molecule has 0 saturated heterocycles. The molecule has 0 spiro atoms. The Morgan fingerprint density at radius 2 is 1.75 bits per heavy atom. The lowest BCUT2D eigenvalue weighted by molar-refractivity contribution is -0.146. The third-order valence-electron chi connectivity index (χ3n) is 7.63. The van der Waals surface area contributed by atoms with Crippen molar-refractivity contribution in [2.75, 3.05) is 0 Å². The fourth-order valence-corrected chi connectivity index (χ4v) is 5.40. The van der Waals surface area contributed by atoms with Crippen LogP contribution in [0, 0.1) is 12.3 Å². The summed E-state index contributed by atoms with van der Waals surface area (Å²) in [7, 11) is 0. The van der Waals surface area contributed by atoms with Crippen LogP contribution in [0.2, 0.25) is 0 Å². The molecule has 6 rings (SSSR count). The molecule has 36 heavy (non-hydrogen) atoms. The lowest BCUT2D eigenvalue weighted by Gasteiger charge is -2.36. The molecule has 0 aliphatic heterocycles. The fraction of sp³-hybridized carbons (Fsp3) is 0.241. The summed E-state index contributed by atoms with van der Waals surface area (Å²) in [5.41, 5.74) is 3.79. The second-order valence-electron chi connectivity index (χ2n) is 9.66. The van der Waals surface area contributed by atoms with Crippen LogP contribution in [0.1, 0.15) is 41.8 Å². The Morgan fingerprint density at radius 1 is 1.06 bits per heavy atom. The number of aromatic nitrogens is 4. The minimum atomic E-state index is -0.916. The van der Waals surface area contributed by atoms with E-state index >= 15 is 0 Å². The molecule has 1 atom stereocenters. The first-order valence-corrected chi connectivity index (χ1v) is 12.1. The van der Waals surface area contributed by atoms with Crippen LogP contribution in [0.5, 0.6) is 0 Å². The number of aryl methyl sites for hydroxylation is 1. The molecule has 180 valence electrons. The summed E-state index contributed by atoms with van der Waals surface area (Å²) < 4.78 is 7.73. The first kappa shape index (κ1) is 22.2. The minimum Gasteiger partial charge on any atom is -0.481 e. The van der Waals surface area contributed by atoms with Gasteiger partial charge in [0.25, 0.3) is 0 Å². The highest BCUT2D eigenvalue weighted by atomic mass is 16.5. The molecule has 0 bridgehead atoms. The largest absolute Gasteiger partial charge is 0.481 e. The number of aliphatic carboxylic acids is 1. The quantitative estimate of drug-likeness (QED) is 0.380. The molecule has 7 heteroatoms. The highest BCUT2D eigenvalue weighted by Gasteiger charge is 2.66. The van der Waals surface area contributed by atoms with E-state index < -0.39 is 16.8 Å². The maximum absolute atomic E-state index is 12.6. The van der Waals surface area contributed by atoms with Crippen molar-refractivity contribution < 1.29 is 14.4 Å². The van der Waals surface area contributed by atoms with Gasteiger partial charge in [0.15, 0.2) is 5.76 Å². The van der Waals surface area contributed by atoms with Crippen molar-refractivity contribution in [2.45, 2.75) is 38.1 Å². The van der Waals surface area contributed by atoms with Gasteiger partial charge in [0.05, 0.1) is 29.3 Å². The number of nitrogens with zero attached hydrogens (tertiary/aromatic N) is 4. The van der Waals surface area contributed by atoms with Crippen molar-refractivity contribution in [3.63, 3.8) is 0 Å². The summed E-state index contributed by atoms with van der Waals surface area (Å²) in [5, 5.41) is 23.3. The summed E-state index contributed by atoms with van der Waals surface area (Å²) >= 11 is 0. The third kappa shape index (κ3) is 3.50. The Balaban J connectivity index is 1.39. The summed E-state index contributed by atoms with van der Waals surface area (Å²) in [4.78, 5) is 12.6. The number of hydrogen-bond donors (Lipinski definition) is 1. The average molecular weight is 479 g/mol. The Labute approximate surface area is 208 Å². The number of benzene rings is 2. The molecule has 1 saturated carbocycles. The molecule has 2 aliphatic carbocycles. The van der Waals surface area contributed by atoms with Crippen molar-refractivity contribution >= 4 is 11.5 Å². The van der Waals surface area contributed by atoms with Gasteiger partial charge in [-0.1, -0.05) is 89.3 Å². The molecule has 7 nitrogen and oxygen atoms in total. The van der Waals surface area contributed by atoms with Crippen LogP contribution in [0.15, 0.2) is 89.6 Å². The average Bonchev–Trinajstić information content (AvgIpc) is 3.49. The zero-order chi connectivity index (χ0) is 24.8. The van der Waals surface area contributed by atoms with Crippen LogP contribution in [-0.2, 0) is 16.8 Å². The van der Waals surface area contributed by atoms with E-state index in [0.29, 0.717) is 31.6 Å². The van der Waals surface area contributed by atoms with Gasteiger partial charge in [0, 0.05) is 11.1 Å². The Hall–Kier alpha value is -4.26. The molecule has 2 aromatic heterocycles. The number of rotatable bonds is 7. The zero-order valence-electron chi connectivity index (χ0n) is 20.0. The van der Waals surface area contributed by atoms with Gasteiger partial charge in [-0.15, -0.1) is 5.10 Å². The highest BCUT2D eigenvalue weighted by Crippen LogP contribution is 2.64. The Kier molecular flexibility index (Phi) is 5.21. The molecule has 1 N–H and O–H groups in total. The molecule has 2 aromatic carbocycles. The van der Waals surface area contributed by atoms with E-state index in [-0.39, 0.29) is 0 Å². The SMILES string of the molecule is Cc1noc(C2(C3(C(=O)O)CC3)C=CC(c3ccccc3)=CC2)c1Cn1cc(-c2ccccc2)nn1. The molecule has 0 amide bonds. The van der Waals surface area contributed by atoms with Crippen LogP contribution < -0.4 is 0 Å². The van der Waals surface area contributed by atoms with E-state index in [1.165, 1.54) is 0 Å². The Bertz CT molecular complexity index is 1480. The van der Waals surface area contributed by atoms with Gasteiger partial charge in [-0.2, -0.15) is 0 Å². The van der Waals surface area contributed by atoms with E-state index in [0.717, 1.165) is 33.7 Å². The monoisotopic (exact) mass is 478 g/mol. The predicted octanol–water partition coefficient (Wildman–Crippen LogP) is 5.44. The highest BCUT2D eigenvalue weighted by molar-refractivity contribution is 5.83. The Morgan fingerprint density at radius 3 is 2.36 bits per heavy atom. The van der Waals surface area contributed by atoms with Crippen LogP contribution in [0.3, 0.4) is 0 Å². The van der Waals surface area contributed by atoms with E-state index in [1.807, 2.05) is 73.8 Å². The van der Waals surface area contributed by atoms with E-state index in [9.17, 15) is 9.90 Å². The molecule has 0 radical (unpaired) electrons. The van der Waals surface area contributed by atoms with Crippen molar-refractivity contribution in [3.05, 3.63) is 108 Å². The number of allylic oxidation sites excluding steroid dienone is 4. The molecule has 1 fully saturated rings. The molecular weight excluding hydrogens is 452 g/mol. The van der Waals surface area contributed by atoms with Crippen LogP contribution in [0.4, 0.5) is 0 Å². The van der Waals surface area contributed by atoms with Gasteiger partial charge < -0.3 is 9.63 Å². The van der Waals surface area contributed by atoms with E-state index in [1.54, 1.807) is 4.68 Å². The van der Waals surface area contributed by atoms with Gasteiger partial charge in [-0.25, -0.2) is 4.68 Å². The smallest absolute Gasteiger partial charge is 0.311 e. The second-order valence-corrected chi connectivity index (χ2v) is 9.66. The first-order chi connectivity index (χ1) is 17.5. The summed E-state index contributed by atoms with van der Waals surface area (Å²) in [6.45, 7) is 2.29. The predicted molar refractivity (Wildman–Crippen MR) is 135 cm³/mol. The fourth-order valence-electron chi connectivity index (χ4n) is 5.40. The maximum Gasteiger partial charge on any atom is 0.311 e. The van der Waals surface area contributed by atoms with Gasteiger partial charge in [0.2, 0.25) is 0 Å². The molecular formula is C29H26N4O3. The topological polar surface area (TPSA) is 94.0 Å². The van der Waals surface area contributed by atoms with Crippen molar-refractivity contribution in [3.8, 4) is 11.3 Å². The first-order valence-electron chi connectivity index (χ1n) is 12.1. The number of hydrogen-bond acceptors (Lipinski definition) is 5. The van der Waals surface area contributed by atoms with E-state index in [4.69, 9.17) is 4.52 Å². The molecule has 1 unspecified atom stereocenters. The number of carbonyl (C=O) groups is 1. The molecule has 2 heterocycles.